The van der Waals surface area contributed by atoms with E-state index in [1.54, 1.807) is 13.0 Å². The van der Waals surface area contributed by atoms with Crippen LogP contribution < -0.4 is 10.6 Å². The molecule has 1 aromatic rings. The number of amides is 2. The number of carbonyl (C=O) groups excluding carboxylic acids is 1. The van der Waals surface area contributed by atoms with Gasteiger partial charge in [0.1, 0.15) is 0 Å². The van der Waals surface area contributed by atoms with Gasteiger partial charge in [-0.25, -0.2) is 4.79 Å². The van der Waals surface area contributed by atoms with E-state index in [9.17, 15) is 14.7 Å². The van der Waals surface area contributed by atoms with Crippen LogP contribution in [-0.4, -0.2) is 35.4 Å². The highest BCUT2D eigenvalue weighted by molar-refractivity contribution is 7.14. The number of carboxylic acids is 1. The Morgan fingerprint density at radius 3 is 2.72 bits per heavy atom. The fourth-order valence-corrected chi connectivity index (χ4v) is 1.95. The number of aliphatic hydroxyl groups is 1. The molecule has 6 nitrogen and oxygen atoms in total. The van der Waals surface area contributed by atoms with E-state index >= 15 is 0 Å². The number of urea groups is 1. The first kappa shape index (κ1) is 14.5. The Hall–Kier alpha value is -1.60. The summed E-state index contributed by atoms with van der Waals surface area (Å²) in [6.07, 6.45) is -0.206. The Labute approximate surface area is 109 Å². The summed E-state index contributed by atoms with van der Waals surface area (Å²) in [6.45, 7) is 1.39. The average molecular weight is 272 g/mol. The number of carboxylic acid groups (broad SMARTS) is 1. The average Bonchev–Trinajstić information content (AvgIpc) is 2.78. The fraction of sp³-hybridized carbons (Fsp3) is 0.455. The summed E-state index contributed by atoms with van der Waals surface area (Å²) >= 11 is 1.39. The number of nitrogens with one attached hydrogen (secondary N) is 2. The zero-order valence-corrected chi connectivity index (χ0v) is 10.8. The number of hydrogen-bond donors (Lipinski definition) is 4. The highest BCUT2D eigenvalue weighted by atomic mass is 32.1. The first-order valence-corrected chi connectivity index (χ1v) is 6.24. The minimum atomic E-state index is -1.01. The lowest BCUT2D eigenvalue weighted by Crippen LogP contribution is -2.41. The normalized spacial score (nSPS) is 13.7. The summed E-state index contributed by atoms with van der Waals surface area (Å²) < 4.78 is 0. The van der Waals surface area contributed by atoms with E-state index < -0.39 is 17.4 Å². The summed E-state index contributed by atoms with van der Waals surface area (Å²) in [6, 6.07) is 3.15. The summed E-state index contributed by atoms with van der Waals surface area (Å²) in [4.78, 5) is 22.2. The fourth-order valence-electron chi connectivity index (χ4n) is 1.34. The van der Waals surface area contributed by atoms with Gasteiger partial charge >= 0.3 is 12.0 Å². The number of carbonyl (C=O) groups is 2. The molecule has 0 aliphatic carbocycles. The lowest BCUT2D eigenvalue weighted by atomic mass is 9.88. The van der Waals surface area contributed by atoms with Crippen molar-refractivity contribution in [3.05, 3.63) is 17.5 Å². The molecule has 0 radical (unpaired) electrons. The Morgan fingerprint density at radius 2 is 2.22 bits per heavy atom. The molecule has 0 saturated carbocycles. The monoisotopic (exact) mass is 272 g/mol. The molecule has 1 heterocycles. The molecule has 1 unspecified atom stereocenters. The van der Waals surface area contributed by atoms with Crippen molar-refractivity contribution in [2.24, 2.45) is 5.41 Å². The largest absolute Gasteiger partial charge is 0.481 e. The van der Waals surface area contributed by atoms with Crippen molar-refractivity contribution in [1.29, 1.82) is 0 Å². The van der Waals surface area contributed by atoms with Crippen molar-refractivity contribution in [2.45, 2.75) is 13.3 Å². The Morgan fingerprint density at radius 1 is 1.50 bits per heavy atom. The molecule has 0 aliphatic heterocycles. The molecule has 1 aromatic heterocycles. The van der Waals surface area contributed by atoms with E-state index in [0.717, 1.165) is 0 Å². The molecule has 7 heteroatoms. The smallest absolute Gasteiger partial charge is 0.319 e. The predicted molar refractivity (Wildman–Crippen MR) is 68.8 cm³/mol. The van der Waals surface area contributed by atoms with Gasteiger partial charge in [0, 0.05) is 12.0 Å². The van der Waals surface area contributed by atoms with Crippen molar-refractivity contribution in [2.75, 3.05) is 18.5 Å². The molecule has 0 fully saturated rings. The molecule has 1 atom stereocenters. The number of rotatable bonds is 6. The van der Waals surface area contributed by atoms with Gasteiger partial charge in [-0.15, -0.1) is 11.3 Å². The van der Waals surface area contributed by atoms with Crippen LogP contribution in [0.25, 0.3) is 0 Å². The van der Waals surface area contributed by atoms with E-state index in [1.165, 1.54) is 11.3 Å². The molecule has 0 bridgehead atoms. The number of thiophene rings is 1. The standard InChI is InChI=1S/C11H16N2O4S/c1-11(7-14,5-9(15)16)6-12-10(17)13-8-3-2-4-18-8/h2-4,14H,5-7H2,1H3,(H,15,16)(H2,12,13,17). The van der Waals surface area contributed by atoms with Crippen LogP contribution in [0.3, 0.4) is 0 Å². The zero-order chi connectivity index (χ0) is 13.6. The highest BCUT2D eigenvalue weighted by Gasteiger charge is 2.27. The molecule has 0 spiro atoms. The second-order valence-corrected chi connectivity index (χ2v) is 5.27. The maximum Gasteiger partial charge on any atom is 0.319 e. The predicted octanol–water partition coefficient (Wildman–Crippen LogP) is 1.34. The van der Waals surface area contributed by atoms with Crippen LogP contribution in [0.4, 0.5) is 9.80 Å². The number of hydrogen-bond acceptors (Lipinski definition) is 4. The second kappa shape index (κ2) is 6.36. The molecule has 0 aromatic carbocycles. The molecule has 0 saturated heterocycles. The number of aliphatic hydroxyl groups excluding tert-OH is 1. The summed E-state index contributed by atoms with van der Waals surface area (Å²) in [5.74, 6) is -1.01. The van der Waals surface area contributed by atoms with E-state index in [-0.39, 0.29) is 19.6 Å². The lowest BCUT2D eigenvalue weighted by Gasteiger charge is -2.25. The van der Waals surface area contributed by atoms with Crippen LogP contribution in [0.2, 0.25) is 0 Å². The third kappa shape index (κ3) is 4.72. The van der Waals surface area contributed by atoms with Gasteiger partial charge in [-0.3, -0.25) is 10.1 Å². The van der Waals surface area contributed by atoms with Crippen molar-refractivity contribution in [1.82, 2.24) is 5.32 Å². The molecule has 4 N–H and O–H groups in total. The number of aliphatic carboxylic acids is 1. The first-order valence-electron chi connectivity index (χ1n) is 5.36. The van der Waals surface area contributed by atoms with Gasteiger partial charge in [0.05, 0.1) is 18.0 Å². The SMILES string of the molecule is CC(CO)(CNC(=O)Nc1cccs1)CC(=O)O. The molecule has 1 rings (SSSR count). The minimum absolute atomic E-state index is 0.0903. The van der Waals surface area contributed by atoms with Crippen LogP contribution in [-0.2, 0) is 4.79 Å². The van der Waals surface area contributed by atoms with E-state index in [0.29, 0.717) is 5.00 Å². The molecular formula is C11H16N2O4S. The quantitative estimate of drug-likeness (QED) is 0.628. The molecular weight excluding hydrogens is 256 g/mol. The Bertz CT molecular complexity index is 407. The van der Waals surface area contributed by atoms with Crippen molar-refractivity contribution in [3.8, 4) is 0 Å². The lowest BCUT2D eigenvalue weighted by molar-refractivity contribution is -0.140. The van der Waals surface area contributed by atoms with Gasteiger partial charge in [0.25, 0.3) is 0 Å². The van der Waals surface area contributed by atoms with Crippen molar-refractivity contribution in [3.63, 3.8) is 0 Å². The maximum atomic E-state index is 11.5. The first-order chi connectivity index (χ1) is 8.45. The van der Waals surface area contributed by atoms with E-state index in [4.69, 9.17) is 5.11 Å². The van der Waals surface area contributed by atoms with Gasteiger partial charge in [-0.1, -0.05) is 6.92 Å². The molecule has 18 heavy (non-hydrogen) atoms. The van der Waals surface area contributed by atoms with Crippen LogP contribution in [0.15, 0.2) is 17.5 Å². The van der Waals surface area contributed by atoms with Gasteiger partial charge in [-0.05, 0) is 17.5 Å². The third-order valence-corrected chi connectivity index (χ3v) is 3.18. The second-order valence-electron chi connectivity index (χ2n) is 4.32. The zero-order valence-electron chi connectivity index (χ0n) is 9.97. The van der Waals surface area contributed by atoms with Crippen LogP contribution in [0.1, 0.15) is 13.3 Å². The molecule has 100 valence electrons. The topological polar surface area (TPSA) is 98.7 Å². The third-order valence-electron chi connectivity index (χ3n) is 2.39. The van der Waals surface area contributed by atoms with Crippen LogP contribution in [0, 0.1) is 5.41 Å². The van der Waals surface area contributed by atoms with Crippen LogP contribution in [0.5, 0.6) is 0 Å². The van der Waals surface area contributed by atoms with Gasteiger partial charge < -0.3 is 15.5 Å². The van der Waals surface area contributed by atoms with Crippen molar-refractivity contribution >= 4 is 28.3 Å². The van der Waals surface area contributed by atoms with E-state index in [1.807, 2.05) is 11.4 Å². The van der Waals surface area contributed by atoms with E-state index in [2.05, 4.69) is 10.6 Å². The molecule has 0 aliphatic rings. The maximum absolute atomic E-state index is 11.5. The summed E-state index contributed by atoms with van der Waals surface area (Å²) in [5, 5.41) is 25.6. The van der Waals surface area contributed by atoms with Gasteiger partial charge in [0.15, 0.2) is 0 Å². The van der Waals surface area contributed by atoms with Crippen molar-refractivity contribution < 1.29 is 19.8 Å². The number of anilines is 1. The molecule has 2 amide bonds. The summed E-state index contributed by atoms with van der Waals surface area (Å²) in [5.41, 5.74) is -0.862. The Balaban J connectivity index is 2.42. The van der Waals surface area contributed by atoms with Gasteiger partial charge in [0.2, 0.25) is 0 Å². The van der Waals surface area contributed by atoms with Gasteiger partial charge in [-0.2, -0.15) is 0 Å². The summed E-state index contributed by atoms with van der Waals surface area (Å²) in [7, 11) is 0. The highest BCUT2D eigenvalue weighted by Crippen LogP contribution is 2.19. The minimum Gasteiger partial charge on any atom is -0.481 e. The Kier molecular flexibility index (Phi) is 5.11. The van der Waals surface area contributed by atoms with Crippen LogP contribution >= 0.6 is 11.3 Å².